The van der Waals surface area contributed by atoms with E-state index in [2.05, 4.69) is 79.9 Å². The van der Waals surface area contributed by atoms with Crippen molar-refractivity contribution in [2.75, 3.05) is 0 Å². The first-order chi connectivity index (χ1) is 10.1. The van der Waals surface area contributed by atoms with E-state index in [1.54, 1.807) is 18.4 Å². The van der Waals surface area contributed by atoms with Crippen LogP contribution in [0.15, 0.2) is 65.3 Å². The second-order valence-corrected chi connectivity index (χ2v) is 41.4. The number of hydrogen-bond donors (Lipinski definition) is 0. The molecule has 2 aromatic carbocycles. The van der Waals surface area contributed by atoms with Gasteiger partial charge in [-0.15, -0.1) is 0 Å². The Hall–Kier alpha value is -0.100. The Kier molecular flexibility index (Phi) is 4.94. The van der Waals surface area contributed by atoms with Crippen molar-refractivity contribution >= 4 is 67.8 Å². The Balaban J connectivity index is 1.98. The monoisotopic (exact) mass is 620 g/mol. The predicted octanol–water partition coefficient (Wildman–Crippen LogP) is 4.83. The first kappa shape index (κ1) is 15.8. The van der Waals surface area contributed by atoms with Crippen molar-refractivity contribution in [1.29, 1.82) is 0 Å². The number of hydrogen-bond acceptors (Lipinski definition) is 2. The molecule has 0 aliphatic carbocycles. The number of carbonyl (C=O) groups excluding carboxylic acids is 1. The quantitative estimate of drug-likeness (QED) is 0.239. The summed E-state index contributed by atoms with van der Waals surface area (Å²) < 4.78 is 7.19. The maximum absolute atomic E-state index is 12.4. The molecule has 0 atom stereocenters. The molecule has 1 aromatic heterocycles. The van der Waals surface area contributed by atoms with Crippen molar-refractivity contribution in [3.05, 3.63) is 66.6 Å². The van der Waals surface area contributed by atoms with Crippen LogP contribution in [0.5, 0.6) is 0 Å². The van der Waals surface area contributed by atoms with Gasteiger partial charge < -0.3 is 0 Å². The molecule has 0 aliphatic heterocycles. The molecule has 0 fully saturated rings. The number of ketones is 1. The van der Waals surface area contributed by atoms with Gasteiger partial charge >= 0.3 is 148 Å². The zero-order chi connectivity index (χ0) is 14.9. The summed E-state index contributed by atoms with van der Waals surface area (Å²) in [6, 6.07) is 18.3. The molecule has 0 amide bonds. The van der Waals surface area contributed by atoms with Gasteiger partial charge in [0.1, 0.15) is 0 Å². The SMILES string of the molecule is O=C(C[Te](I)(I)c1cccc2ccccc12)c1ccco1. The molecule has 0 aliphatic rings. The van der Waals surface area contributed by atoms with Gasteiger partial charge in [0.25, 0.3) is 0 Å². The zero-order valence-electron chi connectivity index (χ0n) is 11.0. The molecule has 3 aromatic rings. The number of rotatable bonds is 4. The molecule has 0 unspecified atom stereocenters. The molecule has 2 nitrogen and oxygen atoms in total. The number of fused-ring (bicyclic) bond motifs is 1. The van der Waals surface area contributed by atoms with Crippen LogP contribution in [0.2, 0.25) is 4.47 Å². The van der Waals surface area contributed by atoms with Crippen LogP contribution in [0.1, 0.15) is 10.6 Å². The second-order valence-electron chi connectivity index (χ2n) is 4.60. The van der Waals surface area contributed by atoms with Crippen LogP contribution in [-0.2, 0) is 0 Å². The first-order valence-corrected chi connectivity index (χ1v) is 22.7. The van der Waals surface area contributed by atoms with Crippen LogP contribution in [0, 0.1) is 0 Å². The fourth-order valence-electron chi connectivity index (χ4n) is 2.21. The first-order valence-electron chi connectivity index (χ1n) is 6.33. The van der Waals surface area contributed by atoms with Crippen LogP contribution in [0.25, 0.3) is 10.8 Å². The van der Waals surface area contributed by atoms with E-state index in [9.17, 15) is 4.79 Å². The van der Waals surface area contributed by atoms with E-state index in [0.29, 0.717) is 10.2 Å². The van der Waals surface area contributed by atoms with Crippen LogP contribution < -0.4 is 3.61 Å². The minimum absolute atomic E-state index is 0.109. The Labute approximate surface area is 146 Å². The summed E-state index contributed by atoms with van der Waals surface area (Å²) in [5, 5.41) is 2.52. The van der Waals surface area contributed by atoms with Crippen LogP contribution >= 0.6 is 37.4 Å². The van der Waals surface area contributed by atoms with Crippen molar-refractivity contribution < 1.29 is 9.21 Å². The molecular formula is C16H12I2O2Te. The van der Waals surface area contributed by atoms with Gasteiger partial charge in [-0.05, 0) is 0 Å². The fourth-order valence-corrected chi connectivity index (χ4v) is 15.2. The van der Waals surface area contributed by atoms with Crippen LogP contribution in [-0.4, -0.2) is 16.1 Å². The molecule has 108 valence electrons. The summed E-state index contributed by atoms with van der Waals surface area (Å²) in [6.07, 6.45) is 1.56. The van der Waals surface area contributed by atoms with Crippen LogP contribution in [0.3, 0.4) is 0 Å². The van der Waals surface area contributed by atoms with E-state index in [1.807, 2.05) is 0 Å². The van der Waals surface area contributed by atoms with Crippen molar-refractivity contribution in [2.24, 2.45) is 0 Å². The number of halogens is 2. The summed E-state index contributed by atoms with van der Waals surface area (Å²) in [5.74, 6) is 0.581. The standard InChI is InChI=1S/C16H12I2O2Te/c17-21(18,11-14(19)15-8-4-10-20-15)16-9-3-6-12-5-1-2-7-13(12)16/h1-10H,11H2. The molecule has 0 bridgehead atoms. The average molecular weight is 618 g/mol. The average Bonchev–Trinajstić information content (AvgIpc) is 3.00. The minimum atomic E-state index is -2.53. The molecule has 3 rings (SSSR count). The molecular weight excluding hydrogens is 606 g/mol. The number of benzene rings is 2. The number of carbonyl (C=O) groups is 1. The molecule has 0 saturated heterocycles. The molecule has 0 spiro atoms. The van der Waals surface area contributed by atoms with E-state index in [4.69, 9.17) is 4.42 Å². The Morgan fingerprint density at radius 3 is 2.52 bits per heavy atom. The third kappa shape index (κ3) is 3.46. The molecule has 0 N–H and O–H groups in total. The van der Waals surface area contributed by atoms with Gasteiger partial charge in [0.2, 0.25) is 0 Å². The van der Waals surface area contributed by atoms with Gasteiger partial charge in [-0.25, -0.2) is 0 Å². The molecule has 21 heavy (non-hydrogen) atoms. The van der Waals surface area contributed by atoms with Gasteiger partial charge in [0.15, 0.2) is 0 Å². The maximum atomic E-state index is 12.4. The molecule has 0 radical (unpaired) electrons. The van der Waals surface area contributed by atoms with E-state index in [-0.39, 0.29) is 5.78 Å². The molecule has 0 saturated carbocycles. The summed E-state index contributed by atoms with van der Waals surface area (Å²) in [6.45, 7) is 0. The van der Waals surface area contributed by atoms with E-state index < -0.39 is 10.3 Å². The van der Waals surface area contributed by atoms with Gasteiger partial charge in [-0.2, -0.15) is 0 Å². The molecule has 1 heterocycles. The fraction of sp³-hybridized carbons (Fsp3) is 0.0625. The van der Waals surface area contributed by atoms with Crippen molar-refractivity contribution in [1.82, 2.24) is 0 Å². The van der Waals surface area contributed by atoms with E-state index in [0.717, 1.165) is 0 Å². The van der Waals surface area contributed by atoms with Gasteiger partial charge in [0, 0.05) is 0 Å². The summed E-state index contributed by atoms with van der Waals surface area (Å²) in [4.78, 5) is 12.4. The number of Topliss-reactive ketones (excluding diaryl/α,β-unsaturated/α-hetero) is 1. The van der Waals surface area contributed by atoms with Gasteiger partial charge in [-0.1, -0.05) is 0 Å². The normalized spacial score (nSPS) is 12.5. The molecule has 5 heteroatoms. The van der Waals surface area contributed by atoms with Crippen molar-refractivity contribution in [2.45, 2.75) is 4.47 Å². The summed E-state index contributed by atoms with van der Waals surface area (Å²) in [7, 11) is -2.53. The van der Waals surface area contributed by atoms with Crippen molar-refractivity contribution in [3.63, 3.8) is 0 Å². The topological polar surface area (TPSA) is 30.2 Å². The summed E-state index contributed by atoms with van der Waals surface area (Å²) in [5.41, 5.74) is 0. The third-order valence-electron chi connectivity index (χ3n) is 3.18. The Morgan fingerprint density at radius 1 is 1.00 bits per heavy atom. The van der Waals surface area contributed by atoms with E-state index in [1.165, 1.54) is 14.4 Å². The van der Waals surface area contributed by atoms with E-state index >= 15 is 0 Å². The zero-order valence-corrected chi connectivity index (χ0v) is 17.6. The number of furan rings is 1. The Bertz CT molecular complexity index is 777. The van der Waals surface area contributed by atoms with Gasteiger partial charge in [-0.3, -0.25) is 0 Å². The van der Waals surface area contributed by atoms with Gasteiger partial charge in [0.05, 0.1) is 0 Å². The second kappa shape index (κ2) is 6.57. The Morgan fingerprint density at radius 2 is 1.76 bits per heavy atom. The van der Waals surface area contributed by atoms with Crippen molar-refractivity contribution in [3.8, 4) is 0 Å². The van der Waals surface area contributed by atoms with Crippen LogP contribution in [0.4, 0.5) is 0 Å². The predicted molar refractivity (Wildman–Crippen MR) is 105 cm³/mol. The third-order valence-corrected chi connectivity index (χ3v) is 18.4. The summed E-state index contributed by atoms with van der Waals surface area (Å²) >= 11 is 5.09.